The number of aromatic nitrogens is 2. The lowest BCUT2D eigenvalue weighted by atomic mass is 9.89. The number of likely N-dealkylation sites (N-methyl/N-ethyl adjacent to an activating group) is 1. The van der Waals surface area contributed by atoms with Crippen molar-refractivity contribution in [1.82, 2.24) is 25.3 Å². The summed E-state index contributed by atoms with van der Waals surface area (Å²) < 4.78 is 1.84. The van der Waals surface area contributed by atoms with Crippen LogP contribution in [0.4, 0.5) is 0 Å². The van der Waals surface area contributed by atoms with E-state index >= 15 is 0 Å². The van der Waals surface area contributed by atoms with E-state index in [1.165, 1.54) is 47.9 Å². The molecule has 1 aromatic heterocycles. The number of benzene rings is 1. The average Bonchev–Trinajstić information content (AvgIpc) is 3.12. The number of rotatable bonds is 6. The van der Waals surface area contributed by atoms with Gasteiger partial charge in [-0.3, -0.25) is 9.67 Å². The van der Waals surface area contributed by atoms with Crippen LogP contribution in [-0.4, -0.2) is 48.3 Å². The summed E-state index contributed by atoms with van der Waals surface area (Å²) in [5.74, 6) is 0.820. The van der Waals surface area contributed by atoms with Crippen LogP contribution in [0.25, 0.3) is 0 Å². The van der Waals surface area contributed by atoms with Crippen LogP contribution in [0, 0.1) is 0 Å². The molecule has 0 bridgehead atoms. The Morgan fingerprint density at radius 3 is 2.61 bits per heavy atom. The van der Waals surface area contributed by atoms with Crippen LogP contribution in [0.5, 0.6) is 0 Å². The fraction of sp³-hybridized carbons (Fsp3) is 0.545. The fourth-order valence-corrected chi connectivity index (χ4v) is 3.91. The van der Waals surface area contributed by atoms with Crippen LogP contribution in [0.1, 0.15) is 54.1 Å². The van der Waals surface area contributed by atoms with Gasteiger partial charge in [0.2, 0.25) is 0 Å². The maximum absolute atomic E-state index is 4.43. The number of fused-ring (bicyclic) bond motifs is 1. The van der Waals surface area contributed by atoms with Gasteiger partial charge >= 0.3 is 0 Å². The molecular weight excluding hydrogens is 348 g/mol. The molecule has 152 valence electrons. The average molecular weight is 383 g/mol. The Hall–Kier alpha value is -2.34. The maximum atomic E-state index is 4.43. The molecule has 2 aromatic rings. The number of aliphatic imine (C=N–C) groups is 1. The first kappa shape index (κ1) is 20.4. The standard InChI is InChI=1S/C22H34N6/c1-16(18-11-10-17-8-6-7-9-19(17)12-18)26-22(23-2)24-14-21(27(3)4)20-13-25-28(5)15-20/h10-13,15-16,21H,6-9,14H2,1-5H3,(H2,23,24,26). The lowest BCUT2D eigenvalue weighted by molar-refractivity contribution is 0.298. The molecule has 0 amide bonds. The summed E-state index contributed by atoms with van der Waals surface area (Å²) >= 11 is 0. The van der Waals surface area contributed by atoms with Gasteiger partial charge in [0.1, 0.15) is 0 Å². The zero-order chi connectivity index (χ0) is 20.1. The molecule has 2 N–H and O–H groups in total. The number of guanidine groups is 1. The second-order valence-electron chi connectivity index (χ2n) is 7.98. The molecule has 1 aromatic carbocycles. The summed E-state index contributed by atoms with van der Waals surface area (Å²) in [6.07, 6.45) is 9.05. The third kappa shape index (κ3) is 4.93. The topological polar surface area (TPSA) is 57.5 Å². The first-order valence-corrected chi connectivity index (χ1v) is 10.2. The predicted molar refractivity (Wildman–Crippen MR) is 116 cm³/mol. The summed E-state index contributed by atoms with van der Waals surface area (Å²) in [5.41, 5.74) is 5.55. The van der Waals surface area contributed by atoms with Crippen molar-refractivity contribution in [2.75, 3.05) is 27.7 Å². The Morgan fingerprint density at radius 2 is 1.96 bits per heavy atom. The Morgan fingerprint density at radius 1 is 1.21 bits per heavy atom. The van der Waals surface area contributed by atoms with Crippen molar-refractivity contribution in [3.05, 3.63) is 52.8 Å². The smallest absolute Gasteiger partial charge is 0.191 e. The molecule has 0 saturated heterocycles. The molecule has 1 heterocycles. The van der Waals surface area contributed by atoms with Crippen LogP contribution in [0.2, 0.25) is 0 Å². The summed E-state index contributed by atoms with van der Waals surface area (Å²) in [6.45, 7) is 2.96. The van der Waals surface area contributed by atoms with Crippen molar-refractivity contribution in [1.29, 1.82) is 0 Å². The van der Waals surface area contributed by atoms with E-state index in [9.17, 15) is 0 Å². The number of hydrogen-bond donors (Lipinski definition) is 2. The molecule has 0 saturated carbocycles. The number of nitrogens with zero attached hydrogens (tertiary/aromatic N) is 4. The zero-order valence-corrected chi connectivity index (χ0v) is 17.9. The molecule has 3 rings (SSSR count). The van der Waals surface area contributed by atoms with E-state index in [0.717, 1.165) is 12.5 Å². The van der Waals surface area contributed by atoms with Gasteiger partial charge in [0.05, 0.1) is 18.3 Å². The Kier molecular flexibility index (Phi) is 6.73. The number of aryl methyl sites for hydroxylation is 3. The van der Waals surface area contributed by atoms with Crippen LogP contribution in [-0.2, 0) is 19.9 Å². The zero-order valence-electron chi connectivity index (χ0n) is 17.9. The summed E-state index contributed by atoms with van der Waals surface area (Å²) in [4.78, 5) is 6.62. The lowest BCUT2D eigenvalue weighted by Gasteiger charge is -2.26. The minimum Gasteiger partial charge on any atom is -0.354 e. The Bertz CT molecular complexity index is 807. The van der Waals surface area contributed by atoms with Crippen molar-refractivity contribution in [3.63, 3.8) is 0 Å². The van der Waals surface area contributed by atoms with Crippen LogP contribution < -0.4 is 10.6 Å². The Labute approximate surface area is 169 Å². The second-order valence-corrected chi connectivity index (χ2v) is 7.98. The first-order valence-electron chi connectivity index (χ1n) is 10.2. The molecule has 0 fully saturated rings. The molecule has 1 aliphatic carbocycles. The molecule has 2 atom stereocenters. The van der Waals surface area contributed by atoms with Gasteiger partial charge in [-0.25, -0.2) is 0 Å². The van der Waals surface area contributed by atoms with Gasteiger partial charge in [-0.05, 0) is 63.4 Å². The van der Waals surface area contributed by atoms with E-state index < -0.39 is 0 Å². The van der Waals surface area contributed by atoms with Crippen molar-refractivity contribution >= 4 is 5.96 Å². The molecule has 2 unspecified atom stereocenters. The van der Waals surface area contributed by atoms with E-state index in [1.54, 1.807) is 0 Å². The molecule has 0 spiro atoms. The van der Waals surface area contributed by atoms with Gasteiger partial charge in [0, 0.05) is 32.4 Å². The van der Waals surface area contributed by atoms with Crippen molar-refractivity contribution in [2.24, 2.45) is 12.0 Å². The lowest BCUT2D eigenvalue weighted by Crippen LogP contribution is -2.42. The highest BCUT2D eigenvalue weighted by Gasteiger charge is 2.18. The van der Waals surface area contributed by atoms with Gasteiger partial charge < -0.3 is 15.5 Å². The van der Waals surface area contributed by atoms with Gasteiger partial charge in [-0.15, -0.1) is 0 Å². The van der Waals surface area contributed by atoms with Gasteiger partial charge in [0.15, 0.2) is 5.96 Å². The summed E-state index contributed by atoms with van der Waals surface area (Å²) in [5, 5.41) is 11.3. The minimum absolute atomic E-state index is 0.203. The van der Waals surface area contributed by atoms with Crippen molar-refractivity contribution in [2.45, 2.75) is 44.7 Å². The SMILES string of the molecule is CN=C(NCC(c1cnn(C)c1)N(C)C)NC(C)c1ccc2c(c1)CCCC2. The van der Waals surface area contributed by atoms with Crippen LogP contribution >= 0.6 is 0 Å². The molecule has 28 heavy (non-hydrogen) atoms. The van der Waals surface area contributed by atoms with E-state index in [1.807, 2.05) is 25.0 Å². The molecule has 0 radical (unpaired) electrons. The van der Waals surface area contributed by atoms with E-state index in [0.29, 0.717) is 0 Å². The summed E-state index contributed by atoms with van der Waals surface area (Å²) in [6, 6.07) is 7.37. The van der Waals surface area contributed by atoms with E-state index in [-0.39, 0.29) is 12.1 Å². The van der Waals surface area contributed by atoms with Crippen molar-refractivity contribution < 1.29 is 0 Å². The monoisotopic (exact) mass is 382 g/mol. The van der Waals surface area contributed by atoms with Crippen LogP contribution in [0.3, 0.4) is 0 Å². The van der Waals surface area contributed by atoms with Gasteiger partial charge in [-0.2, -0.15) is 5.10 Å². The molecular formula is C22H34N6. The third-order valence-electron chi connectivity index (χ3n) is 5.65. The van der Waals surface area contributed by atoms with E-state index in [2.05, 4.69) is 71.0 Å². The van der Waals surface area contributed by atoms with Crippen molar-refractivity contribution in [3.8, 4) is 0 Å². The maximum Gasteiger partial charge on any atom is 0.191 e. The fourth-order valence-electron chi connectivity index (χ4n) is 3.91. The molecule has 1 aliphatic rings. The number of hydrogen-bond acceptors (Lipinski definition) is 3. The third-order valence-corrected chi connectivity index (χ3v) is 5.65. The molecule has 0 aliphatic heterocycles. The quantitative estimate of drug-likeness (QED) is 0.596. The van der Waals surface area contributed by atoms with Gasteiger partial charge in [-0.1, -0.05) is 18.2 Å². The summed E-state index contributed by atoms with van der Waals surface area (Å²) in [7, 11) is 7.95. The normalized spacial score (nSPS) is 16.6. The number of nitrogens with one attached hydrogen (secondary N) is 2. The molecule has 6 heteroatoms. The highest BCUT2D eigenvalue weighted by Crippen LogP contribution is 2.24. The van der Waals surface area contributed by atoms with E-state index in [4.69, 9.17) is 0 Å². The van der Waals surface area contributed by atoms with Crippen LogP contribution in [0.15, 0.2) is 35.6 Å². The minimum atomic E-state index is 0.203. The highest BCUT2D eigenvalue weighted by molar-refractivity contribution is 5.80. The van der Waals surface area contributed by atoms with Gasteiger partial charge in [0.25, 0.3) is 0 Å². The predicted octanol–water partition coefficient (Wildman–Crippen LogP) is 2.83. The Balaban J connectivity index is 1.62. The highest BCUT2D eigenvalue weighted by atomic mass is 15.3. The first-order chi connectivity index (χ1) is 13.5. The second kappa shape index (κ2) is 9.24. The molecule has 6 nitrogen and oxygen atoms in total. The largest absolute Gasteiger partial charge is 0.354 e.